The third-order valence-corrected chi connectivity index (χ3v) is 6.12. The average molecular weight is 476 g/mol. The van der Waals surface area contributed by atoms with Crippen LogP contribution in [0.3, 0.4) is 0 Å². The number of nitrogens with one attached hydrogen (secondary N) is 1. The Bertz CT molecular complexity index is 1250. The minimum atomic E-state index is -1.51. The maximum Gasteiger partial charge on any atom is 0.313 e. The minimum Gasteiger partial charge on any atom is -0.494 e. The van der Waals surface area contributed by atoms with Crippen LogP contribution in [0.1, 0.15) is 48.3 Å². The molecule has 3 amide bonds. The fraction of sp³-hybridized carbons (Fsp3) is 0.308. The number of ether oxygens (including phenoxy) is 1. The van der Waals surface area contributed by atoms with Crippen LogP contribution in [0.4, 0.5) is 4.79 Å². The Morgan fingerprint density at radius 3 is 2.57 bits per heavy atom. The summed E-state index contributed by atoms with van der Waals surface area (Å²) in [6.45, 7) is 6.69. The molecular formula is C26H29N5O4. The van der Waals surface area contributed by atoms with Gasteiger partial charge < -0.3 is 25.5 Å². The molecular weight excluding hydrogens is 446 g/mol. The van der Waals surface area contributed by atoms with Crippen molar-refractivity contribution in [2.24, 2.45) is 5.73 Å². The van der Waals surface area contributed by atoms with E-state index in [1.165, 1.54) is 4.90 Å². The van der Waals surface area contributed by atoms with Crippen molar-refractivity contribution < 1.29 is 19.1 Å². The van der Waals surface area contributed by atoms with Gasteiger partial charge in [-0.05, 0) is 49.6 Å². The van der Waals surface area contributed by atoms with Crippen LogP contribution >= 0.6 is 0 Å². The third kappa shape index (κ3) is 4.75. The van der Waals surface area contributed by atoms with Gasteiger partial charge in [-0.2, -0.15) is 5.10 Å². The van der Waals surface area contributed by atoms with Gasteiger partial charge in [0.05, 0.1) is 19.3 Å². The van der Waals surface area contributed by atoms with Gasteiger partial charge >= 0.3 is 6.03 Å². The molecule has 0 saturated heterocycles. The normalized spacial score (nSPS) is 14.5. The summed E-state index contributed by atoms with van der Waals surface area (Å²) < 4.78 is 7.38. The minimum absolute atomic E-state index is 0.0679. The highest BCUT2D eigenvalue weighted by Crippen LogP contribution is 2.31. The summed E-state index contributed by atoms with van der Waals surface area (Å²) in [6.07, 6.45) is 4.36. The van der Waals surface area contributed by atoms with Gasteiger partial charge in [-0.15, -0.1) is 0 Å². The molecule has 0 radical (unpaired) electrons. The van der Waals surface area contributed by atoms with Crippen molar-refractivity contribution in [3.63, 3.8) is 0 Å². The van der Waals surface area contributed by atoms with Crippen LogP contribution in [0.5, 0.6) is 5.75 Å². The fourth-order valence-electron chi connectivity index (χ4n) is 4.31. The molecule has 1 atom stereocenters. The van der Waals surface area contributed by atoms with Crippen LogP contribution in [0.25, 0.3) is 11.1 Å². The number of aldehydes is 1. The number of hydrogen-bond acceptors (Lipinski definition) is 5. The highest BCUT2D eigenvalue weighted by atomic mass is 16.5. The molecule has 0 saturated carbocycles. The van der Waals surface area contributed by atoms with E-state index in [0.29, 0.717) is 36.3 Å². The zero-order valence-corrected chi connectivity index (χ0v) is 20.0. The van der Waals surface area contributed by atoms with Gasteiger partial charge in [0.25, 0.3) is 5.91 Å². The Labute approximate surface area is 203 Å². The van der Waals surface area contributed by atoms with Gasteiger partial charge in [0.1, 0.15) is 11.3 Å². The molecule has 1 aliphatic rings. The molecule has 2 aromatic carbocycles. The molecule has 35 heavy (non-hydrogen) atoms. The van der Waals surface area contributed by atoms with Crippen LogP contribution in [0.2, 0.25) is 0 Å². The zero-order chi connectivity index (χ0) is 25.2. The highest BCUT2D eigenvalue weighted by molar-refractivity contribution is 5.99. The first-order valence-electron chi connectivity index (χ1n) is 11.5. The van der Waals surface area contributed by atoms with E-state index in [1.807, 2.05) is 55.9 Å². The summed E-state index contributed by atoms with van der Waals surface area (Å²) in [7, 11) is 0. The van der Waals surface area contributed by atoms with E-state index in [1.54, 1.807) is 24.4 Å². The zero-order valence-electron chi connectivity index (χ0n) is 20.0. The van der Waals surface area contributed by atoms with Crippen molar-refractivity contribution in [2.75, 3.05) is 13.2 Å². The predicted molar refractivity (Wildman–Crippen MR) is 131 cm³/mol. The number of primary amides is 1. The molecule has 4 rings (SSSR count). The monoisotopic (exact) mass is 475 g/mol. The van der Waals surface area contributed by atoms with E-state index in [9.17, 15) is 14.4 Å². The van der Waals surface area contributed by atoms with E-state index >= 15 is 0 Å². The lowest BCUT2D eigenvalue weighted by molar-refractivity contribution is -0.113. The fourth-order valence-corrected chi connectivity index (χ4v) is 4.31. The Morgan fingerprint density at radius 2 is 1.97 bits per heavy atom. The summed E-state index contributed by atoms with van der Waals surface area (Å²) in [6, 6.07) is 12.0. The Kier molecular flexibility index (Phi) is 6.59. The number of fused-ring (bicyclic) bond motifs is 1. The largest absolute Gasteiger partial charge is 0.494 e. The number of carbonyl (C=O) groups excluding carboxylic acids is 3. The SMILES string of the molecule is CCOc1ccc2c(c1)C(=O)N(C[C@](C=O)(NC(N)=O)c1ccc(-c3cnn(C(C)C)c3)cc1)C2. The molecule has 9 nitrogen and oxygen atoms in total. The van der Waals surface area contributed by atoms with Crippen molar-refractivity contribution >= 4 is 18.2 Å². The van der Waals surface area contributed by atoms with Crippen LogP contribution in [0.15, 0.2) is 54.9 Å². The van der Waals surface area contributed by atoms with E-state index in [4.69, 9.17) is 10.5 Å². The van der Waals surface area contributed by atoms with Gasteiger partial charge in [-0.25, -0.2) is 4.79 Å². The topological polar surface area (TPSA) is 120 Å². The van der Waals surface area contributed by atoms with Gasteiger partial charge in [0.2, 0.25) is 0 Å². The lowest BCUT2D eigenvalue weighted by Crippen LogP contribution is -2.56. The summed E-state index contributed by atoms with van der Waals surface area (Å²) in [5, 5.41) is 6.95. The predicted octanol–water partition coefficient (Wildman–Crippen LogP) is 3.25. The summed E-state index contributed by atoms with van der Waals surface area (Å²) in [5.74, 6) is 0.367. The molecule has 3 N–H and O–H groups in total. The maximum absolute atomic E-state index is 13.2. The smallest absolute Gasteiger partial charge is 0.313 e. The van der Waals surface area contributed by atoms with Gasteiger partial charge in [0, 0.05) is 29.9 Å². The molecule has 182 valence electrons. The summed E-state index contributed by atoms with van der Waals surface area (Å²) in [4.78, 5) is 39.1. The molecule has 1 aliphatic heterocycles. The molecule has 0 fully saturated rings. The number of nitrogens with zero attached hydrogens (tertiary/aromatic N) is 3. The van der Waals surface area contributed by atoms with E-state index in [2.05, 4.69) is 10.4 Å². The van der Waals surface area contributed by atoms with Gasteiger partial charge in [-0.1, -0.05) is 30.3 Å². The molecule has 9 heteroatoms. The molecule has 3 aromatic rings. The van der Waals surface area contributed by atoms with Crippen LogP contribution in [0, 0.1) is 0 Å². The third-order valence-electron chi connectivity index (χ3n) is 6.12. The molecule has 0 aliphatic carbocycles. The second kappa shape index (κ2) is 9.61. The quantitative estimate of drug-likeness (QED) is 0.461. The Morgan fingerprint density at radius 1 is 1.23 bits per heavy atom. The Hall–Kier alpha value is -4.14. The average Bonchev–Trinajstić information content (AvgIpc) is 3.45. The molecule has 0 spiro atoms. The van der Waals surface area contributed by atoms with Crippen molar-refractivity contribution in [3.8, 4) is 16.9 Å². The molecule has 2 heterocycles. The summed E-state index contributed by atoms with van der Waals surface area (Å²) >= 11 is 0. The maximum atomic E-state index is 13.2. The first-order valence-corrected chi connectivity index (χ1v) is 11.5. The second-order valence-corrected chi connectivity index (χ2v) is 8.87. The number of amides is 3. The van der Waals surface area contributed by atoms with E-state index in [-0.39, 0.29) is 18.5 Å². The summed E-state index contributed by atoms with van der Waals surface area (Å²) in [5.41, 5.74) is 7.65. The number of aromatic nitrogens is 2. The van der Waals surface area contributed by atoms with Gasteiger partial charge in [-0.3, -0.25) is 9.48 Å². The van der Waals surface area contributed by atoms with E-state index in [0.717, 1.165) is 16.7 Å². The van der Waals surface area contributed by atoms with E-state index < -0.39 is 11.6 Å². The number of carbonyl (C=O) groups is 3. The van der Waals surface area contributed by atoms with Crippen molar-refractivity contribution in [1.29, 1.82) is 0 Å². The first kappa shape index (κ1) is 24.0. The van der Waals surface area contributed by atoms with Crippen molar-refractivity contribution in [2.45, 2.75) is 38.9 Å². The van der Waals surface area contributed by atoms with Crippen LogP contribution < -0.4 is 15.8 Å². The lowest BCUT2D eigenvalue weighted by Gasteiger charge is -2.33. The highest BCUT2D eigenvalue weighted by Gasteiger charge is 2.40. The molecule has 1 aromatic heterocycles. The second-order valence-electron chi connectivity index (χ2n) is 8.87. The van der Waals surface area contributed by atoms with Crippen LogP contribution in [-0.2, 0) is 16.9 Å². The van der Waals surface area contributed by atoms with Crippen molar-refractivity contribution in [1.82, 2.24) is 20.0 Å². The first-order chi connectivity index (χ1) is 16.8. The Balaban J connectivity index is 1.63. The molecule has 0 unspecified atom stereocenters. The van der Waals surface area contributed by atoms with Gasteiger partial charge in [0.15, 0.2) is 6.29 Å². The number of hydrogen-bond donors (Lipinski definition) is 2. The van der Waals surface area contributed by atoms with Crippen molar-refractivity contribution in [3.05, 3.63) is 71.5 Å². The number of urea groups is 1. The lowest BCUT2D eigenvalue weighted by atomic mass is 9.89. The number of nitrogens with two attached hydrogens (primary N) is 1. The van der Waals surface area contributed by atoms with Crippen LogP contribution in [-0.4, -0.2) is 46.1 Å². The molecule has 0 bridgehead atoms. The number of rotatable bonds is 9. The number of benzene rings is 2. The standard InChI is InChI=1S/C26H29N5O4/c1-4-35-22-10-7-19-13-30(24(33)23(19)11-22)15-26(16-32,29-25(27)34)21-8-5-18(6-9-21)20-12-28-31(14-20)17(2)3/h5-12,14,16-17H,4,13,15H2,1-3H3,(H3,27,29,34)/t26-/m1/s1.